The Morgan fingerprint density at radius 1 is 1.00 bits per heavy atom. The first-order valence-electron chi connectivity index (χ1n) is 7.96. The number of rotatable bonds is 7. The third kappa shape index (κ3) is 4.18. The molecule has 1 heterocycles. The van der Waals surface area contributed by atoms with Gasteiger partial charge in [0.15, 0.2) is 0 Å². The molecule has 0 saturated carbocycles. The van der Waals surface area contributed by atoms with E-state index in [-0.39, 0.29) is 12.0 Å². The molecule has 1 aromatic carbocycles. The van der Waals surface area contributed by atoms with E-state index in [1.54, 1.807) is 0 Å². The van der Waals surface area contributed by atoms with Gasteiger partial charge in [0.05, 0.1) is 6.10 Å². The molecule has 114 valence electrons. The SMILES string of the molecule is CCc1ccc(CC(O)C(c2ccccc2)C(C)CC)s1. The van der Waals surface area contributed by atoms with E-state index < -0.39 is 0 Å². The van der Waals surface area contributed by atoms with Crippen molar-refractivity contribution in [2.24, 2.45) is 5.92 Å². The fraction of sp³-hybridized carbons (Fsp3) is 0.474. The van der Waals surface area contributed by atoms with Crippen LogP contribution in [0.4, 0.5) is 0 Å². The molecule has 21 heavy (non-hydrogen) atoms. The second kappa shape index (κ2) is 7.77. The summed E-state index contributed by atoms with van der Waals surface area (Å²) in [6.07, 6.45) is 2.61. The zero-order chi connectivity index (χ0) is 15.2. The Morgan fingerprint density at radius 2 is 1.67 bits per heavy atom. The van der Waals surface area contributed by atoms with Crippen LogP contribution in [0.1, 0.15) is 48.4 Å². The predicted molar refractivity (Wildman–Crippen MR) is 92.0 cm³/mol. The van der Waals surface area contributed by atoms with Crippen molar-refractivity contribution in [1.29, 1.82) is 0 Å². The Hall–Kier alpha value is -1.12. The van der Waals surface area contributed by atoms with Crippen LogP contribution in [0.5, 0.6) is 0 Å². The van der Waals surface area contributed by atoms with Crippen LogP contribution in [-0.2, 0) is 12.8 Å². The number of aliphatic hydroxyl groups excluding tert-OH is 1. The van der Waals surface area contributed by atoms with Crippen LogP contribution >= 0.6 is 11.3 Å². The van der Waals surface area contributed by atoms with E-state index in [9.17, 15) is 5.11 Å². The van der Waals surface area contributed by atoms with E-state index in [1.807, 2.05) is 17.4 Å². The quantitative estimate of drug-likeness (QED) is 0.759. The van der Waals surface area contributed by atoms with E-state index in [0.29, 0.717) is 5.92 Å². The highest BCUT2D eigenvalue weighted by Gasteiger charge is 2.26. The standard InChI is InChI=1S/C19H26OS/c1-4-14(3)19(15-9-7-6-8-10-15)18(20)13-17-12-11-16(5-2)21-17/h6-12,14,18-20H,4-5,13H2,1-3H3. The topological polar surface area (TPSA) is 20.2 Å². The average Bonchev–Trinajstić information content (AvgIpc) is 2.96. The van der Waals surface area contributed by atoms with Crippen LogP contribution in [0.2, 0.25) is 0 Å². The summed E-state index contributed by atoms with van der Waals surface area (Å²) in [5.74, 6) is 0.691. The minimum Gasteiger partial charge on any atom is -0.392 e. The van der Waals surface area contributed by atoms with Gasteiger partial charge >= 0.3 is 0 Å². The van der Waals surface area contributed by atoms with Crippen molar-refractivity contribution in [1.82, 2.24) is 0 Å². The summed E-state index contributed by atoms with van der Waals surface area (Å²) >= 11 is 1.83. The molecular weight excluding hydrogens is 276 g/mol. The highest BCUT2D eigenvalue weighted by Crippen LogP contribution is 2.32. The molecule has 0 amide bonds. The van der Waals surface area contributed by atoms with Crippen molar-refractivity contribution in [3.8, 4) is 0 Å². The van der Waals surface area contributed by atoms with Gasteiger partial charge in [0.1, 0.15) is 0 Å². The van der Waals surface area contributed by atoms with E-state index in [2.05, 4.69) is 57.2 Å². The zero-order valence-electron chi connectivity index (χ0n) is 13.3. The van der Waals surface area contributed by atoms with Crippen molar-refractivity contribution in [2.45, 2.75) is 52.1 Å². The molecule has 2 aromatic rings. The monoisotopic (exact) mass is 302 g/mol. The second-order valence-electron chi connectivity index (χ2n) is 5.82. The van der Waals surface area contributed by atoms with Gasteiger partial charge in [-0.1, -0.05) is 57.5 Å². The van der Waals surface area contributed by atoms with Crippen LogP contribution in [0.15, 0.2) is 42.5 Å². The number of aryl methyl sites for hydroxylation is 1. The zero-order valence-corrected chi connectivity index (χ0v) is 14.1. The lowest BCUT2D eigenvalue weighted by atomic mass is 9.80. The summed E-state index contributed by atoms with van der Waals surface area (Å²) in [7, 11) is 0. The molecule has 2 rings (SSSR count). The van der Waals surface area contributed by atoms with Gasteiger partial charge in [0.2, 0.25) is 0 Å². The molecule has 0 bridgehead atoms. The molecule has 0 fully saturated rings. The van der Waals surface area contributed by atoms with Crippen LogP contribution in [0.3, 0.4) is 0 Å². The lowest BCUT2D eigenvalue weighted by Gasteiger charge is -2.28. The van der Waals surface area contributed by atoms with Gasteiger partial charge in [-0.05, 0) is 30.0 Å². The fourth-order valence-corrected chi connectivity index (χ4v) is 3.92. The maximum Gasteiger partial charge on any atom is 0.0659 e. The number of aliphatic hydroxyl groups is 1. The lowest BCUT2D eigenvalue weighted by molar-refractivity contribution is 0.118. The number of hydrogen-bond acceptors (Lipinski definition) is 2. The molecule has 3 unspecified atom stereocenters. The normalized spacial score (nSPS) is 15.6. The van der Waals surface area contributed by atoms with Crippen molar-refractivity contribution < 1.29 is 5.11 Å². The predicted octanol–water partition coefficient (Wildman–Crippen LogP) is 5.04. The Kier molecular flexibility index (Phi) is 6.01. The Bertz CT molecular complexity index is 532. The maximum atomic E-state index is 10.8. The van der Waals surface area contributed by atoms with E-state index >= 15 is 0 Å². The fourth-order valence-electron chi connectivity index (χ4n) is 2.91. The van der Waals surface area contributed by atoms with Gasteiger partial charge in [0, 0.05) is 22.1 Å². The van der Waals surface area contributed by atoms with Gasteiger partial charge < -0.3 is 5.11 Å². The molecule has 0 aliphatic rings. The Morgan fingerprint density at radius 3 is 2.24 bits per heavy atom. The van der Waals surface area contributed by atoms with Crippen molar-refractivity contribution >= 4 is 11.3 Å². The number of benzene rings is 1. The molecule has 0 radical (unpaired) electrons. The average molecular weight is 302 g/mol. The van der Waals surface area contributed by atoms with E-state index in [4.69, 9.17) is 0 Å². The van der Waals surface area contributed by atoms with Crippen LogP contribution in [0, 0.1) is 5.92 Å². The Labute approximate surface area is 132 Å². The van der Waals surface area contributed by atoms with Gasteiger partial charge in [-0.15, -0.1) is 11.3 Å². The minimum atomic E-state index is -0.314. The molecule has 2 heteroatoms. The van der Waals surface area contributed by atoms with E-state index in [0.717, 1.165) is 19.3 Å². The highest BCUT2D eigenvalue weighted by atomic mass is 32.1. The van der Waals surface area contributed by atoms with Crippen LogP contribution in [0.25, 0.3) is 0 Å². The third-order valence-electron chi connectivity index (χ3n) is 4.33. The summed E-state index contributed by atoms with van der Waals surface area (Å²) in [6, 6.07) is 14.8. The third-order valence-corrected chi connectivity index (χ3v) is 5.58. The minimum absolute atomic E-state index is 0.211. The van der Waals surface area contributed by atoms with Crippen molar-refractivity contribution in [3.05, 3.63) is 57.8 Å². The molecular formula is C19H26OS. The van der Waals surface area contributed by atoms with Crippen LogP contribution in [-0.4, -0.2) is 11.2 Å². The van der Waals surface area contributed by atoms with Gasteiger partial charge in [0.25, 0.3) is 0 Å². The Balaban J connectivity index is 2.16. The molecule has 0 aliphatic carbocycles. The first kappa shape index (κ1) is 16.3. The largest absolute Gasteiger partial charge is 0.392 e. The molecule has 0 saturated heterocycles. The highest BCUT2D eigenvalue weighted by molar-refractivity contribution is 7.11. The summed E-state index contributed by atoms with van der Waals surface area (Å²) < 4.78 is 0. The summed E-state index contributed by atoms with van der Waals surface area (Å²) in [6.45, 7) is 6.62. The molecule has 0 spiro atoms. The number of hydrogen-bond donors (Lipinski definition) is 1. The molecule has 0 aliphatic heterocycles. The van der Waals surface area contributed by atoms with Gasteiger partial charge in [-0.3, -0.25) is 0 Å². The number of thiophene rings is 1. The molecule has 1 aromatic heterocycles. The van der Waals surface area contributed by atoms with Crippen molar-refractivity contribution in [2.75, 3.05) is 0 Å². The summed E-state index contributed by atoms with van der Waals surface area (Å²) in [4.78, 5) is 2.69. The first-order valence-corrected chi connectivity index (χ1v) is 8.77. The van der Waals surface area contributed by atoms with Gasteiger partial charge in [-0.25, -0.2) is 0 Å². The summed E-state index contributed by atoms with van der Waals surface area (Å²) in [5, 5.41) is 10.8. The molecule has 1 nitrogen and oxygen atoms in total. The van der Waals surface area contributed by atoms with Crippen LogP contribution < -0.4 is 0 Å². The maximum absolute atomic E-state index is 10.8. The lowest BCUT2D eigenvalue weighted by Crippen LogP contribution is -2.26. The smallest absolute Gasteiger partial charge is 0.0659 e. The first-order chi connectivity index (χ1) is 10.2. The van der Waals surface area contributed by atoms with E-state index in [1.165, 1.54) is 15.3 Å². The molecule has 3 atom stereocenters. The molecule has 1 N–H and O–H groups in total. The van der Waals surface area contributed by atoms with Crippen molar-refractivity contribution in [3.63, 3.8) is 0 Å². The summed E-state index contributed by atoms with van der Waals surface area (Å²) in [5.41, 5.74) is 1.26. The second-order valence-corrected chi connectivity index (χ2v) is 7.07. The van der Waals surface area contributed by atoms with Gasteiger partial charge in [-0.2, -0.15) is 0 Å².